The van der Waals surface area contributed by atoms with Crippen LogP contribution in [-0.4, -0.2) is 50.7 Å². The summed E-state index contributed by atoms with van der Waals surface area (Å²) in [6.07, 6.45) is 4.42. The Bertz CT molecular complexity index is 971. The zero-order valence-corrected chi connectivity index (χ0v) is 20.1. The molecule has 32 heavy (non-hydrogen) atoms. The predicted octanol–water partition coefficient (Wildman–Crippen LogP) is 5.31. The van der Waals surface area contributed by atoms with Crippen molar-refractivity contribution < 1.29 is 14.3 Å². The van der Waals surface area contributed by atoms with Crippen molar-refractivity contribution in [2.45, 2.75) is 19.8 Å². The number of carbonyl (C=O) groups is 1. The summed E-state index contributed by atoms with van der Waals surface area (Å²) in [6, 6.07) is 13.1. The van der Waals surface area contributed by atoms with Gasteiger partial charge in [0.25, 0.3) is 5.91 Å². The fraction of sp³-hybridized carbons (Fsp3) is 0.400. The molecule has 2 heterocycles. The maximum Gasteiger partial charge on any atom is 0.258 e. The maximum absolute atomic E-state index is 13.1. The summed E-state index contributed by atoms with van der Waals surface area (Å²) in [5.41, 5.74) is 2.17. The van der Waals surface area contributed by atoms with Gasteiger partial charge in [-0.1, -0.05) is 42.8 Å². The third-order valence-corrected chi connectivity index (χ3v) is 6.45. The smallest absolute Gasteiger partial charge is 0.258 e. The van der Waals surface area contributed by atoms with Crippen LogP contribution >= 0.6 is 24.0 Å². The number of piperidine rings is 1. The summed E-state index contributed by atoms with van der Waals surface area (Å²) in [5.74, 6) is 2.08. The van der Waals surface area contributed by atoms with Gasteiger partial charge in [-0.15, -0.1) is 12.4 Å². The van der Waals surface area contributed by atoms with E-state index in [2.05, 4.69) is 11.8 Å². The number of amides is 1. The van der Waals surface area contributed by atoms with E-state index in [1.54, 1.807) is 18.1 Å². The highest BCUT2D eigenvalue weighted by Crippen LogP contribution is 2.36. The number of likely N-dealkylation sites (tertiary alicyclic amines) is 1. The molecule has 5 nitrogen and oxygen atoms in total. The molecule has 0 aromatic heterocycles. The molecule has 2 aromatic rings. The third kappa shape index (κ3) is 5.40. The standard InChI is InChI=1S/C25H29ClN2O3.ClH/c1-18-9-12-27(13-10-18)15-16-31-24-17-19(7-8-23(24)30-2)28-14-11-21(25(28)29)20-5-3-4-6-22(20)26;/h3-8,11,17-18H,9-10,12-16H2,1-2H3;1H. The minimum atomic E-state index is -0.0633. The third-order valence-electron chi connectivity index (χ3n) is 6.12. The second-order valence-corrected chi connectivity index (χ2v) is 8.63. The normalized spacial score (nSPS) is 17.2. The molecule has 0 unspecified atom stereocenters. The molecule has 1 fully saturated rings. The molecule has 2 aromatic carbocycles. The molecular weight excluding hydrogens is 447 g/mol. The summed E-state index contributed by atoms with van der Waals surface area (Å²) in [4.78, 5) is 17.3. The Kier molecular flexibility index (Phi) is 8.46. The zero-order chi connectivity index (χ0) is 21.8. The molecule has 0 radical (unpaired) electrons. The van der Waals surface area contributed by atoms with Crippen molar-refractivity contribution >= 4 is 41.2 Å². The van der Waals surface area contributed by atoms with E-state index in [1.807, 2.05) is 42.5 Å². The summed E-state index contributed by atoms with van der Waals surface area (Å²) >= 11 is 6.31. The number of rotatable bonds is 7. The first-order valence-corrected chi connectivity index (χ1v) is 11.2. The minimum Gasteiger partial charge on any atom is -0.493 e. The number of carbonyl (C=O) groups excluding carboxylic acids is 1. The Hall–Kier alpha value is -2.21. The van der Waals surface area contributed by atoms with Crippen LogP contribution in [0.4, 0.5) is 5.69 Å². The van der Waals surface area contributed by atoms with E-state index in [0.29, 0.717) is 35.2 Å². The molecule has 4 rings (SSSR count). The first-order chi connectivity index (χ1) is 15.1. The average molecular weight is 477 g/mol. The van der Waals surface area contributed by atoms with Crippen molar-refractivity contribution in [1.29, 1.82) is 0 Å². The Morgan fingerprint density at radius 3 is 2.56 bits per heavy atom. The summed E-state index contributed by atoms with van der Waals surface area (Å²) in [6.45, 7) is 6.54. The number of benzene rings is 2. The molecular formula is C25H30Cl2N2O3. The predicted molar refractivity (Wildman–Crippen MR) is 132 cm³/mol. The monoisotopic (exact) mass is 476 g/mol. The van der Waals surface area contributed by atoms with Gasteiger partial charge in [0.2, 0.25) is 0 Å². The van der Waals surface area contributed by atoms with Gasteiger partial charge in [0.1, 0.15) is 6.61 Å². The van der Waals surface area contributed by atoms with Gasteiger partial charge in [-0.25, -0.2) is 0 Å². The van der Waals surface area contributed by atoms with Gasteiger partial charge in [-0.05, 0) is 50.0 Å². The number of anilines is 1. The van der Waals surface area contributed by atoms with E-state index in [4.69, 9.17) is 21.1 Å². The number of ether oxygens (including phenoxy) is 2. The van der Waals surface area contributed by atoms with Crippen molar-refractivity contribution in [3.63, 3.8) is 0 Å². The van der Waals surface area contributed by atoms with Gasteiger partial charge in [0, 0.05) is 41.0 Å². The molecule has 7 heteroatoms. The van der Waals surface area contributed by atoms with Crippen molar-refractivity contribution in [3.8, 4) is 11.5 Å². The van der Waals surface area contributed by atoms with Crippen LogP contribution in [0.5, 0.6) is 11.5 Å². The number of halogens is 2. The van der Waals surface area contributed by atoms with Crippen LogP contribution in [0.2, 0.25) is 5.02 Å². The lowest BCUT2D eigenvalue weighted by molar-refractivity contribution is -0.112. The van der Waals surface area contributed by atoms with Crippen molar-refractivity contribution in [2.75, 3.05) is 44.8 Å². The molecule has 1 saturated heterocycles. The van der Waals surface area contributed by atoms with Gasteiger partial charge in [-0.2, -0.15) is 0 Å². The molecule has 172 valence electrons. The van der Waals surface area contributed by atoms with Crippen molar-refractivity contribution in [2.24, 2.45) is 5.92 Å². The zero-order valence-electron chi connectivity index (χ0n) is 18.6. The number of hydrogen-bond acceptors (Lipinski definition) is 4. The van der Waals surface area contributed by atoms with Crippen LogP contribution in [0.25, 0.3) is 5.57 Å². The topological polar surface area (TPSA) is 42.0 Å². The molecule has 2 aliphatic rings. The molecule has 1 amide bonds. The van der Waals surface area contributed by atoms with Gasteiger partial charge >= 0.3 is 0 Å². The lowest BCUT2D eigenvalue weighted by Crippen LogP contribution is -2.35. The van der Waals surface area contributed by atoms with E-state index < -0.39 is 0 Å². The first kappa shape index (κ1) is 24.4. The second-order valence-electron chi connectivity index (χ2n) is 8.22. The van der Waals surface area contributed by atoms with E-state index in [1.165, 1.54) is 12.8 Å². The maximum atomic E-state index is 13.1. The Morgan fingerprint density at radius 2 is 1.84 bits per heavy atom. The Balaban J connectivity index is 0.00000289. The fourth-order valence-electron chi connectivity index (χ4n) is 4.14. The second kappa shape index (κ2) is 11.1. The minimum absolute atomic E-state index is 0. The van der Waals surface area contributed by atoms with Crippen LogP contribution in [-0.2, 0) is 4.79 Å². The average Bonchev–Trinajstić information content (AvgIpc) is 3.16. The summed E-state index contributed by atoms with van der Waals surface area (Å²) in [7, 11) is 1.63. The number of nitrogens with zero attached hydrogens (tertiary/aromatic N) is 2. The molecule has 2 aliphatic heterocycles. The van der Waals surface area contributed by atoms with E-state index in [9.17, 15) is 4.79 Å². The molecule has 0 bridgehead atoms. The largest absolute Gasteiger partial charge is 0.493 e. The van der Waals surface area contributed by atoms with E-state index in [-0.39, 0.29) is 18.3 Å². The van der Waals surface area contributed by atoms with Crippen LogP contribution < -0.4 is 14.4 Å². The molecule has 0 spiro atoms. The summed E-state index contributed by atoms with van der Waals surface area (Å²) in [5, 5.41) is 0.579. The van der Waals surface area contributed by atoms with Crippen LogP contribution in [0.3, 0.4) is 0 Å². The lowest BCUT2D eigenvalue weighted by atomic mass is 9.99. The van der Waals surface area contributed by atoms with Crippen molar-refractivity contribution in [3.05, 3.63) is 59.1 Å². The van der Waals surface area contributed by atoms with Gasteiger partial charge in [0.05, 0.1) is 7.11 Å². The highest BCUT2D eigenvalue weighted by Gasteiger charge is 2.28. The molecule has 0 atom stereocenters. The van der Waals surface area contributed by atoms with Crippen molar-refractivity contribution in [1.82, 2.24) is 4.90 Å². The van der Waals surface area contributed by atoms with E-state index >= 15 is 0 Å². The highest BCUT2D eigenvalue weighted by atomic mass is 35.5. The fourth-order valence-corrected chi connectivity index (χ4v) is 4.38. The van der Waals surface area contributed by atoms with E-state index in [0.717, 1.165) is 36.8 Å². The molecule has 0 N–H and O–H groups in total. The van der Waals surface area contributed by atoms with Gasteiger partial charge in [-0.3, -0.25) is 9.69 Å². The lowest BCUT2D eigenvalue weighted by Gasteiger charge is -2.30. The Labute approximate surface area is 201 Å². The van der Waals surface area contributed by atoms with Crippen LogP contribution in [0.15, 0.2) is 48.5 Å². The van der Waals surface area contributed by atoms with Crippen LogP contribution in [0.1, 0.15) is 25.3 Å². The molecule has 0 aliphatic carbocycles. The Morgan fingerprint density at radius 1 is 1.09 bits per heavy atom. The number of hydrogen-bond donors (Lipinski definition) is 0. The summed E-state index contributed by atoms with van der Waals surface area (Å²) < 4.78 is 11.6. The van der Waals surface area contributed by atoms with Crippen LogP contribution in [0, 0.1) is 5.92 Å². The highest BCUT2D eigenvalue weighted by molar-refractivity contribution is 6.37. The quantitative estimate of drug-likeness (QED) is 0.542. The van der Waals surface area contributed by atoms with Gasteiger partial charge in [0.15, 0.2) is 11.5 Å². The van der Waals surface area contributed by atoms with Gasteiger partial charge < -0.3 is 14.4 Å². The SMILES string of the molecule is COc1ccc(N2CC=C(c3ccccc3Cl)C2=O)cc1OCCN1CCC(C)CC1.Cl. The first-order valence-electron chi connectivity index (χ1n) is 10.9. The molecule has 0 saturated carbocycles. The number of methoxy groups -OCH3 is 1.